The number of furan rings is 1. The van der Waals surface area contributed by atoms with Crippen molar-refractivity contribution in [3.05, 3.63) is 23.5 Å². The fourth-order valence-electron chi connectivity index (χ4n) is 1.62. The zero-order chi connectivity index (χ0) is 10.3. The van der Waals surface area contributed by atoms with Crippen LogP contribution in [0.4, 0.5) is 0 Å². The van der Waals surface area contributed by atoms with E-state index in [4.69, 9.17) is 9.15 Å². The second kappa shape index (κ2) is 2.94. The van der Waals surface area contributed by atoms with Crippen LogP contribution in [0.3, 0.4) is 0 Å². The number of rotatable bonds is 1. The fourth-order valence-corrected chi connectivity index (χ4v) is 1.62. The molecule has 0 fully saturated rings. The monoisotopic (exact) mass is 192 g/mol. The van der Waals surface area contributed by atoms with E-state index in [-0.39, 0.29) is 5.75 Å². The zero-order valence-electron chi connectivity index (χ0n) is 8.42. The number of benzene rings is 1. The van der Waals surface area contributed by atoms with E-state index in [1.807, 2.05) is 13.8 Å². The smallest absolute Gasteiger partial charge is 0.141 e. The Balaban J connectivity index is 2.87. The van der Waals surface area contributed by atoms with Crippen LogP contribution >= 0.6 is 0 Å². The Kier molecular flexibility index (Phi) is 1.88. The summed E-state index contributed by atoms with van der Waals surface area (Å²) in [7, 11) is 1.57. The Bertz CT molecular complexity index is 483. The highest BCUT2D eigenvalue weighted by atomic mass is 16.5. The number of aromatic hydroxyl groups is 1. The lowest BCUT2D eigenvalue weighted by atomic mass is 10.1. The third-order valence-corrected chi connectivity index (χ3v) is 2.45. The molecule has 0 amide bonds. The Morgan fingerprint density at radius 1 is 1.36 bits per heavy atom. The second-order valence-electron chi connectivity index (χ2n) is 3.34. The maximum absolute atomic E-state index is 9.90. The van der Waals surface area contributed by atoms with Crippen molar-refractivity contribution >= 4 is 11.0 Å². The lowest BCUT2D eigenvalue weighted by Gasteiger charge is -2.06. The van der Waals surface area contributed by atoms with Gasteiger partial charge in [0.1, 0.15) is 17.1 Å². The van der Waals surface area contributed by atoms with E-state index in [0.29, 0.717) is 11.3 Å². The SMILES string of the molecule is COc1cc2occ(C)c2c(O)c1C. The molecule has 3 heteroatoms. The average Bonchev–Trinajstić information content (AvgIpc) is 2.54. The molecule has 0 saturated heterocycles. The van der Waals surface area contributed by atoms with Gasteiger partial charge in [-0.05, 0) is 19.4 Å². The predicted octanol–water partition coefficient (Wildman–Crippen LogP) is 2.76. The number of methoxy groups -OCH3 is 1. The molecule has 0 radical (unpaired) electrons. The van der Waals surface area contributed by atoms with Crippen molar-refractivity contribution in [2.45, 2.75) is 13.8 Å². The topological polar surface area (TPSA) is 42.6 Å². The van der Waals surface area contributed by atoms with Crippen molar-refractivity contribution in [2.24, 2.45) is 0 Å². The zero-order valence-corrected chi connectivity index (χ0v) is 8.42. The van der Waals surface area contributed by atoms with Gasteiger partial charge < -0.3 is 14.3 Å². The third-order valence-electron chi connectivity index (χ3n) is 2.45. The molecule has 3 nitrogen and oxygen atoms in total. The van der Waals surface area contributed by atoms with Crippen molar-refractivity contribution in [3.63, 3.8) is 0 Å². The molecule has 0 spiro atoms. The first-order chi connectivity index (χ1) is 6.65. The molecule has 2 rings (SSSR count). The molecule has 14 heavy (non-hydrogen) atoms. The molecule has 1 aromatic carbocycles. The normalized spacial score (nSPS) is 10.8. The van der Waals surface area contributed by atoms with Crippen LogP contribution in [0.25, 0.3) is 11.0 Å². The molecule has 0 aliphatic heterocycles. The maximum atomic E-state index is 9.90. The fraction of sp³-hybridized carbons (Fsp3) is 0.273. The summed E-state index contributed by atoms with van der Waals surface area (Å²) < 4.78 is 10.4. The summed E-state index contributed by atoms with van der Waals surface area (Å²) in [6, 6.07) is 1.79. The highest BCUT2D eigenvalue weighted by molar-refractivity contribution is 5.90. The molecular formula is C11H12O3. The molecule has 1 heterocycles. The largest absolute Gasteiger partial charge is 0.507 e. The summed E-state index contributed by atoms with van der Waals surface area (Å²) in [4.78, 5) is 0. The van der Waals surface area contributed by atoms with Gasteiger partial charge in [-0.1, -0.05) is 0 Å². The molecule has 0 saturated carbocycles. The quantitative estimate of drug-likeness (QED) is 0.755. The highest BCUT2D eigenvalue weighted by Gasteiger charge is 2.13. The van der Waals surface area contributed by atoms with Crippen molar-refractivity contribution in [2.75, 3.05) is 7.11 Å². The molecule has 1 aromatic heterocycles. The van der Waals surface area contributed by atoms with Gasteiger partial charge >= 0.3 is 0 Å². The van der Waals surface area contributed by atoms with Gasteiger partial charge in [-0.15, -0.1) is 0 Å². The van der Waals surface area contributed by atoms with Gasteiger partial charge in [0.25, 0.3) is 0 Å². The minimum Gasteiger partial charge on any atom is -0.507 e. The van der Waals surface area contributed by atoms with Crippen LogP contribution in [0.1, 0.15) is 11.1 Å². The van der Waals surface area contributed by atoms with E-state index in [1.165, 1.54) is 0 Å². The Morgan fingerprint density at radius 3 is 2.71 bits per heavy atom. The van der Waals surface area contributed by atoms with Gasteiger partial charge in [0.15, 0.2) is 0 Å². The lowest BCUT2D eigenvalue weighted by Crippen LogP contribution is -1.87. The Morgan fingerprint density at radius 2 is 2.07 bits per heavy atom. The van der Waals surface area contributed by atoms with Crippen LogP contribution in [-0.2, 0) is 0 Å². The molecule has 2 aromatic rings. The van der Waals surface area contributed by atoms with Gasteiger partial charge in [0.2, 0.25) is 0 Å². The first-order valence-corrected chi connectivity index (χ1v) is 4.39. The van der Waals surface area contributed by atoms with Crippen LogP contribution in [0.2, 0.25) is 0 Å². The summed E-state index contributed by atoms with van der Waals surface area (Å²) in [5, 5.41) is 10.7. The molecule has 0 aliphatic rings. The summed E-state index contributed by atoms with van der Waals surface area (Å²) >= 11 is 0. The highest BCUT2D eigenvalue weighted by Crippen LogP contribution is 2.37. The summed E-state index contributed by atoms with van der Waals surface area (Å²) in [6.07, 6.45) is 1.63. The van der Waals surface area contributed by atoms with Crippen LogP contribution in [0.15, 0.2) is 16.7 Å². The van der Waals surface area contributed by atoms with Crippen molar-refractivity contribution in [1.82, 2.24) is 0 Å². The second-order valence-corrected chi connectivity index (χ2v) is 3.34. The van der Waals surface area contributed by atoms with Gasteiger partial charge in [-0.3, -0.25) is 0 Å². The number of hydrogen-bond acceptors (Lipinski definition) is 3. The number of aryl methyl sites for hydroxylation is 1. The minimum absolute atomic E-state index is 0.241. The van der Waals surface area contributed by atoms with E-state index in [2.05, 4.69) is 0 Å². The van der Waals surface area contributed by atoms with Crippen LogP contribution in [0, 0.1) is 13.8 Å². The molecule has 1 N–H and O–H groups in total. The first-order valence-electron chi connectivity index (χ1n) is 4.39. The number of ether oxygens (including phenoxy) is 1. The van der Waals surface area contributed by atoms with Gasteiger partial charge in [-0.25, -0.2) is 0 Å². The average molecular weight is 192 g/mol. The molecule has 0 atom stereocenters. The molecule has 74 valence electrons. The number of phenols is 1. The van der Waals surface area contributed by atoms with Gasteiger partial charge in [0, 0.05) is 11.6 Å². The van der Waals surface area contributed by atoms with Crippen molar-refractivity contribution in [3.8, 4) is 11.5 Å². The van der Waals surface area contributed by atoms with Gasteiger partial charge in [-0.2, -0.15) is 0 Å². The number of hydrogen-bond donors (Lipinski definition) is 1. The molecular weight excluding hydrogens is 180 g/mol. The molecule has 0 bridgehead atoms. The van der Waals surface area contributed by atoms with E-state index in [0.717, 1.165) is 16.5 Å². The van der Waals surface area contributed by atoms with Crippen molar-refractivity contribution in [1.29, 1.82) is 0 Å². The lowest BCUT2D eigenvalue weighted by molar-refractivity contribution is 0.403. The minimum atomic E-state index is 0.241. The summed E-state index contributed by atoms with van der Waals surface area (Å²) in [5.74, 6) is 0.884. The van der Waals surface area contributed by atoms with E-state index in [1.54, 1.807) is 19.4 Å². The Labute approximate surface area is 81.9 Å². The van der Waals surface area contributed by atoms with E-state index >= 15 is 0 Å². The molecule has 0 aliphatic carbocycles. The number of phenolic OH excluding ortho intramolecular Hbond substituents is 1. The maximum Gasteiger partial charge on any atom is 0.141 e. The first kappa shape index (κ1) is 8.94. The van der Waals surface area contributed by atoms with Crippen LogP contribution < -0.4 is 4.74 Å². The van der Waals surface area contributed by atoms with E-state index < -0.39 is 0 Å². The Hall–Kier alpha value is -1.64. The van der Waals surface area contributed by atoms with E-state index in [9.17, 15) is 5.11 Å². The molecule has 0 unspecified atom stereocenters. The van der Waals surface area contributed by atoms with Gasteiger partial charge in [0.05, 0.1) is 18.8 Å². The standard InChI is InChI=1S/C11H12O3/c1-6-5-14-9-4-8(13-3)7(2)11(12)10(6)9/h4-5,12H,1-3H3. The predicted molar refractivity (Wildman–Crippen MR) is 53.9 cm³/mol. The van der Waals surface area contributed by atoms with Crippen LogP contribution in [0.5, 0.6) is 11.5 Å². The summed E-state index contributed by atoms with van der Waals surface area (Å²) in [6.45, 7) is 3.72. The summed E-state index contributed by atoms with van der Waals surface area (Å²) in [5.41, 5.74) is 2.33. The van der Waals surface area contributed by atoms with Crippen LogP contribution in [-0.4, -0.2) is 12.2 Å². The number of fused-ring (bicyclic) bond motifs is 1. The van der Waals surface area contributed by atoms with Crippen molar-refractivity contribution < 1.29 is 14.3 Å². The third kappa shape index (κ3) is 1.05.